The van der Waals surface area contributed by atoms with Crippen LogP contribution in [0, 0.1) is 0 Å². The van der Waals surface area contributed by atoms with Gasteiger partial charge in [0.05, 0.1) is 18.8 Å². The van der Waals surface area contributed by atoms with E-state index in [-0.39, 0.29) is 12.5 Å². The zero-order valence-electron chi connectivity index (χ0n) is 35.3. The van der Waals surface area contributed by atoms with Crippen molar-refractivity contribution < 1.29 is 15.0 Å². The molecule has 0 saturated heterocycles. The van der Waals surface area contributed by atoms with Crippen LogP contribution in [-0.4, -0.2) is 34.9 Å². The number of carbonyl (C=O) groups is 1. The number of rotatable bonds is 41. The van der Waals surface area contributed by atoms with Gasteiger partial charge in [0.1, 0.15) is 0 Å². The second kappa shape index (κ2) is 44.5. The van der Waals surface area contributed by atoms with Crippen LogP contribution in [0.4, 0.5) is 0 Å². The van der Waals surface area contributed by atoms with E-state index in [1.165, 1.54) is 154 Å². The quantitative estimate of drug-likeness (QED) is 0.0432. The number of allylic oxidation sites excluding steroid dienone is 9. The Bertz CT molecular complexity index is 888. The lowest BCUT2D eigenvalue weighted by molar-refractivity contribution is -0.123. The van der Waals surface area contributed by atoms with Crippen LogP contribution in [0.2, 0.25) is 0 Å². The normalized spacial score (nSPS) is 13.5. The fourth-order valence-corrected chi connectivity index (χ4v) is 6.72. The molecule has 308 valence electrons. The minimum atomic E-state index is -0.869. The largest absolute Gasteiger partial charge is 0.394 e. The summed E-state index contributed by atoms with van der Waals surface area (Å²) < 4.78 is 0. The summed E-state index contributed by atoms with van der Waals surface area (Å²) in [4.78, 5) is 12.3. The summed E-state index contributed by atoms with van der Waals surface area (Å²) in [6.45, 7) is 4.17. The molecule has 0 aliphatic rings. The lowest BCUT2D eigenvalue weighted by atomic mass is 10.0. The van der Waals surface area contributed by atoms with Crippen LogP contribution < -0.4 is 5.32 Å². The van der Waals surface area contributed by atoms with Crippen molar-refractivity contribution in [1.29, 1.82) is 0 Å². The summed E-state index contributed by atoms with van der Waals surface area (Å²) in [5.41, 5.74) is 0. The Balaban J connectivity index is 3.48. The van der Waals surface area contributed by atoms with Crippen LogP contribution in [0.1, 0.15) is 226 Å². The highest BCUT2D eigenvalue weighted by Gasteiger charge is 2.17. The van der Waals surface area contributed by atoms with Gasteiger partial charge in [0, 0.05) is 6.42 Å². The van der Waals surface area contributed by atoms with E-state index in [0.717, 1.165) is 51.4 Å². The van der Waals surface area contributed by atoms with E-state index in [1.807, 2.05) is 6.08 Å². The molecular formula is C49H89NO3. The molecule has 53 heavy (non-hydrogen) atoms. The summed E-state index contributed by atoms with van der Waals surface area (Å²) in [5, 5.41) is 22.9. The molecule has 0 spiro atoms. The first kappa shape index (κ1) is 51.1. The predicted molar refractivity (Wildman–Crippen MR) is 234 cm³/mol. The van der Waals surface area contributed by atoms with E-state index in [1.54, 1.807) is 6.08 Å². The molecule has 0 aromatic carbocycles. The van der Waals surface area contributed by atoms with Crippen molar-refractivity contribution in [3.8, 4) is 0 Å². The van der Waals surface area contributed by atoms with E-state index in [0.29, 0.717) is 6.42 Å². The van der Waals surface area contributed by atoms with Crippen LogP contribution in [0.15, 0.2) is 60.8 Å². The number of aliphatic hydroxyl groups is 2. The zero-order valence-corrected chi connectivity index (χ0v) is 35.3. The molecule has 0 bridgehead atoms. The Morgan fingerprint density at radius 2 is 0.849 bits per heavy atom. The molecule has 0 aromatic rings. The standard InChI is InChI=1S/C49H89NO3/c1-3-5-7-9-11-13-15-16-17-18-19-20-21-22-23-24-25-26-27-28-29-30-31-32-33-34-35-37-39-41-43-45-49(53)50-47(46-51)48(52)44-42-40-38-36-14-12-10-8-6-4-2/h6,8,14,19-20,22-23,36,42,44,47-48,51-52H,3-5,7,9-13,15-18,21,24-35,37-41,43,45-46H2,1-2H3,(H,50,53)/b8-6+,20-19-,23-22-,36-14+,44-42+. The molecule has 0 radical (unpaired) electrons. The third-order valence-corrected chi connectivity index (χ3v) is 10.2. The number of hydrogen-bond donors (Lipinski definition) is 3. The molecule has 0 heterocycles. The maximum absolute atomic E-state index is 12.3. The first-order valence-electron chi connectivity index (χ1n) is 23.0. The van der Waals surface area contributed by atoms with Gasteiger partial charge in [-0.15, -0.1) is 0 Å². The molecule has 2 atom stereocenters. The van der Waals surface area contributed by atoms with Gasteiger partial charge in [-0.2, -0.15) is 0 Å². The molecule has 1 amide bonds. The first-order chi connectivity index (χ1) is 26.2. The summed E-state index contributed by atoms with van der Waals surface area (Å²) in [5.74, 6) is -0.0815. The van der Waals surface area contributed by atoms with Crippen LogP contribution in [-0.2, 0) is 4.79 Å². The fraction of sp³-hybridized carbons (Fsp3) is 0.776. The van der Waals surface area contributed by atoms with Gasteiger partial charge in [-0.25, -0.2) is 0 Å². The second-order valence-electron chi connectivity index (χ2n) is 15.4. The molecule has 0 rings (SSSR count). The molecular weight excluding hydrogens is 651 g/mol. The van der Waals surface area contributed by atoms with Crippen LogP contribution in [0.5, 0.6) is 0 Å². The Morgan fingerprint density at radius 3 is 1.28 bits per heavy atom. The third kappa shape index (κ3) is 41.1. The Hall–Kier alpha value is -1.91. The van der Waals surface area contributed by atoms with Crippen molar-refractivity contribution in [3.63, 3.8) is 0 Å². The van der Waals surface area contributed by atoms with Crippen LogP contribution >= 0.6 is 0 Å². The molecule has 0 aliphatic carbocycles. The van der Waals surface area contributed by atoms with Crippen molar-refractivity contribution >= 4 is 5.91 Å². The number of nitrogens with one attached hydrogen (secondary N) is 1. The Kier molecular flexibility index (Phi) is 42.9. The molecule has 0 fully saturated rings. The van der Waals surface area contributed by atoms with Crippen molar-refractivity contribution in [2.24, 2.45) is 0 Å². The van der Waals surface area contributed by atoms with Crippen LogP contribution in [0.3, 0.4) is 0 Å². The van der Waals surface area contributed by atoms with Crippen molar-refractivity contribution in [2.45, 2.75) is 238 Å². The lowest BCUT2D eigenvalue weighted by Gasteiger charge is -2.19. The first-order valence-corrected chi connectivity index (χ1v) is 23.0. The van der Waals surface area contributed by atoms with Crippen LogP contribution in [0.25, 0.3) is 0 Å². The highest BCUT2D eigenvalue weighted by Crippen LogP contribution is 2.15. The number of carbonyl (C=O) groups excluding carboxylic acids is 1. The monoisotopic (exact) mass is 740 g/mol. The highest BCUT2D eigenvalue weighted by molar-refractivity contribution is 5.76. The van der Waals surface area contributed by atoms with E-state index >= 15 is 0 Å². The number of unbranched alkanes of at least 4 members (excludes halogenated alkanes) is 26. The molecule has 2 unspecified atom stereocenters. The van der Waals surface area contributed by atoms with Gasteiger partial charge in [0.2, 0.25) is 5.91 Å². The highest BCUT2D eigenvalue weighted by atomic mass is 16.3. The van der Waals surface area contributed by atoms with E-state index in [9.17, 15) is 15.0 Å². The minimum absolute atomic E-state index is 0.0815. The van der Waals surface area contributed by atoms with E-state index in [2.05, 4.69) is 67.8 Å². The topological polar surface area (TPSA) is 69.6 Å². The third-order valence-electron chi connectivity index (χ3n) is 10.2. The number of hydrogen-bond acceptors (Lipinski definition) is 3. The number of aliphatic hydroxyl groups excluding tert-OH is 2. The summed E-state index contributed by atoms with van der Waals surface area (Å²) >= 11 is 0. The maximum Gasteiger partial charge on any atom is 0.220 e. The molecule has 4 nitrogen and oxygen atoms in total. The van der Waals surface area contributed by atoms with Gasteiger partial charge in [-0.3, -0.25) is 4.79 Å². The van der Waals surface area contributed by atoms with Gasteiger partial charge in [0.15, 0.2) is 0 Å². The lowest BCUT2D eigenvalue weighted by Crippen LogP contribution is -2.45. The predicted octanol–water partition coefficient (Wildman–Crippen LogP) is 14.5. The molecule has 0 saturated carbocycles. The van der Waals surface area contributed by atoms with Gasteiger partial charge < -0.3 is 15.5 Å². The zero-order chi connectivity index (χ0) is 38.6. The van der Waals surface area contributed by atoms with E-state index in [4.69, 9.17) is 0 Å². The summed E-state index contributed by atoms with van der Waals surface area (Å²) in [6.07, 6.45) is 62.2. The molecule has 3 N–H and O–H groups in total. The fourth-order valence-electron chi connectivity index (χ4n) is 6.72. The van der Waals surface area contributed by atoms with Crippen molar-refractivity contribution in [1.82, 2.24) is 5.32 Å². The van der Waals surface area contributed by atoms with Crippen molar-refractivity contribution in [3.05, 3.63) is 60.8 Å². The average Bonchev–Trinajstić information content (AvgIpc) is 3.16. The van der Waals surface area contributed by atoms with Gasteiger partial charge in [-0.1, -0.05) is 209 Å². The summed E-state index contributed by atoms with van der Waals surface area (Å²) in [7, 11) is 0. The van der Waals surface area contributed by atoms with E-state index < -0.39 is 12.1 Å². The molecule has 0 aliphatic heterocycles. The molecule has 0 aromatic heterocycles. The van der Waals surface area contributed by atoms with Gasteiger partial charge in [-0.05, 0) is 70.6 Å². The number of amides is 1. The van der Waals surface area contributed by atoms with Gasteiger partial charge in [0.25, 0.3) is 0 Å². The maximum atomic E-state index is 12.3. The smallest absolute Gasteiger partial charge is 0.220 e. The molecule has 4 heteroatoms. The second-order valence-corrected chi connectivity index (χ2v) is 15.4. The van der Waals surface area contributed by atoms with Crippen molar-refractivity contribution in [2.75, 3.05) is 6.61 Å². The Labute approximate surface area is 330 Å². The summed E-state index contributed by atoms with van der Waals surface area (Å²) in [6, 6.07) is -0.645. The van der Waals surface area contributed by atoms with Gasteiger partial charge >= 0.3 is 0 Å². The minimum Gasteiger partial charge on any atom is -0.394 e. The Morgan fingerprint density at radius 1 is 0.472 bits per heavy atom. The average molecular weight is 740 g/mol. The SMILES string of the molecule is CC/C=C/CC/C=C/CC/C=C/C(O)C(CO)NC(=O)CCCCCCCCCCCCCCCCC/C=C\C/C=C\CCCCCCCCCCC.